The maximum absolute atomic E-state index is 13.4. The summed E-state index contributed by atoms with van der Waals surface area (Å²) in [4.78, 5) is 15.3. The van der Waals surface area contributed by atoms with Crippen molar-refractivity contribution in [1.82, 2.24) is 4.90 Å². The second-order valence-electron chi connectivity index (χ2n) is 8.85. The number of carbonyl (C=O) groups is 1. The zero-order chi connectivity index (χ0) is 22.5. The lowest BCUT2D eigenvalue weighted by Gasteiger charge is -2.39. The Labute approximate surface area is 190 Å². The summed E-state index contributed by atoms with van der Waals surface area (Å²) in [5.41, 5.74) is 1.02. The third kappa shape index (κ3) is 4.89. The van der Waals surface area contributed by atoms with E-state index in [-0.39, 0.29) is 37.2 Å². The molecule has 1 saturated carbocycles. The van der Waals surface area contributed by atoms with Crippen LogP contribution >= 0.6 is 0 Å². The van der Waals surface area contributed by atoms with Crippen LogP contribution in [0.3, 0.4) is 0 Å². The molecule has 0 bridgehead atoms. The van der Waals surface area contributed by atoms with E-state index < -0.39 is 6.29 Å². The maximum atomic E-state index is 13.4. The highest BCUT2D eigenvalue weighted by Crippen LogP contribution is 2.43. The molecule has 0 spiro atoms. The normalized spacial score (nSPS) is 25.2. The minimum Gasteiger partial charge on any atom is -0.459 e. The van der Waals surface area contributed by atoms with Crippen LogP contribution in [0.4, 0.5) is 0 Å². The van der Waals surface area contributed by atoms with E-state index in [2.05, 4.69) is 0 Å². The highest BCUT2D eigenvalue weighted by molar-refractivity contribution is 5.92. The number of rotatable bonds is 8. The van der Waals surface area contributed by atoms with E-state index in [1.54, 1.807) is 0 Å². The number of carbonyl (C=O) groups excluding carboxylic acids is 1. The number of amides is 1. The molecular formula is C25H35NO6. The van der Waals surface area contributed by atoms with Gasteiger partial charge in [-0.2, -0.15) is 0 Å². The van der Waals surface area contributed by atoms with Gasteiger partial charge in [-0.1, -0.05) is 25.3 Å². The predicted molar refractivity (Wildman–Crippen MR) is 119 cm³/mol. The van der Waals surface area contributed by atoms with Gasteiger partial charge in [0, 0.05) is 38.1 Å². The van der Waals surface area contributed by atoms with Crippen molar-refractivity contribution >= 4 is 5.91 Å². The standard InChI is InChI=1S/C25H35NO6/c1-3-29-25-19(10-7-13-27)20(17-11-12-21-22(14-17)31-16-30-21)15-23(32-25)24(28)26(2)18-8-5-4-6-9-18/h11-12,14-15,18-20,25,27H,3-10,13,16H2,1-2H3. The average molecular weight is 446 g/mol. The third-order valence-corrected chi connectivity index (χ3v) is 6.85. The third-order valence-electron chi connectivity index (χ3n) is 6.85. The predicted octanol–water partition coefficient (Wildman–Crippen LogP) is 3.96. The number of aliphatic hydroxyl groups is 1. The number of hydrogen-bond donors (Lipinski definition) is 1. The van der Waals surface area contributed by atoms with Crippen molar-refractivity contribution < 1.29 is 28.8 Å². The summed E-state index contributed by atoms with van der Waals surface area (Å²) in [6.07, 6.45) is 8.38. The first kappa shape index (κ1) is 22.9. The van der Waals surface area contributed by atoms with Gasteiger partial charge in [0.05, 0.1) is 0 Å². The zero-order valence-electron chi connectivity index (χ0n) is 19.1. The molecule has 1 aromatic carbocycles. The second kappa shape index (κ2) is 10.6. The second-order valence-corrected chi connectivity index (χ2v) is 8.85. The summed E-state index contributed by atoms with van der Waals surface area (Å²) < 4.78 is 23.2. The van der Waals surface area contributed by atoms with Crippen molar-refractivity contribution in [1.29, 1.82) is 0 Å². The number of aliphatic hydroxyl groups excluding tert-OH is 1. The Morgan fingerprint density at radius 2 is 1.97 bits per heavy atom. The van der Waals surface area contributed by atoms with Gasteiger partial charge in [-0.3, -0.25) is 4.79 Å². The van der Waals surface area contributed by atoms with Crippen molar-refractivity contribution in [3.05, 3.63) is 35.6 Å². The topological polar surface area (TPSA) is 77.5 Å². The van der Waals surface area contributed by atoms with Gasteiger partial charge in [-0.15, -0.1) is 0 Å². The lowest BCUT2D eigenvalue weighted by molar-refractivity contribution is -0.170. The Bertz CT molecular complexity index is 819. The largest absolute Gasteiger partial charge is 0.459 e. The van der Waals surface area contributed by atoms with E-state index in [9.17, 15) is 9.90 Å². The highest BCUT2D eigenvalue weighted by atomic mass is 16.7. The Balaban J connectivity index is 1.65. The fraction of sp³-hybridized carbons (Fsp3) is 0.640. The molecule has 0 aromatic heterocycles. The van der Waals surface area contributed by atoms with E-state index in [1.807, 2.05) is 43.1 Å². The average Bonchev–Trinajstić information content (AvgIpc) is 3.30. The minimum absolute atomic E-state index is 0.0287. The van der Waals surface area contributed by atoms with Crippen LogP contribution in [-0.4, -0.2) is 55.3 Å². The molecule has 1 fully saturated rings. The van der Waals surface area contributed by atoms with Gasteiger partial charge >= 0.3 is 0 Å². The number of benzene rings is 1. The van der Waals surface area contributed by atoms with E-state index in [0.29, 0.717) is 24.5 Å². The molecule has 7 heteroatoms. The lowest BCUT2D eigenvalue weighted by Crippen LogP contribution is -2.43. The van der Waals surface area contributed by atoms with Crippen molar-refractivity contribution in [2.75, 3.05) is 27.1 Å². The van der Waals surface area contributed by atoms with Crippen molar-refractivity contribution in [3.63, 3.8) is 0 Å². The van der Waals surface area contributed by atoms with E-state index in [1.165, 1.54) is 6.42 Å². The van der Waals surface area contributed by atoms with Crippen LogP contribution < -0.4 is 9.47 Å². The van der Waals surface area contributed by atoms with Crippen molar-refractivity contribution in [3.8, 4) is 11.5 Å². The summed E-state index contributed by atoms with van der Waals surface area (Å²) in [5.74, 6) is 1.57. The van der Waals surface area contributed by atoms with Crippen LogP contribution in [0.1, 0.15) is 63.4 Å². The molecule has 0 saturated heterocycles. The number of likely N-dealkylation sites (N-methyl/N-ethyl adjacent to an activating group) is 1. The first-order valence-electron chi connectivity index (χ1n) is 11.9. The molecule has 1 amide bonds. The van der Waals surface area contributed by atoms with Gasteiger partial charge in [0.1, 0.15) is 0 Å². The van der Waals surface area contributed by atoms with Crippen LogP contribution in [0.5, 0.6) is 11.5 Å². The molecule has 2 heterocycles. The quantitative estimate of drug-likeness (QED) is 0.653. The minimum atomic E-state index is -0.550. The SMILES string of the molecule is CCOC1OC(C(=O)N(C)C2CCCCC2)=CC(c2ccc3c(c2)OCO3)C1CCCO. The fourth-order valence-corrected chi connectivity index (χ4v) is 5.07. The van der Waals surface area contributed by atoms with Crippen LogP contribution in [0, 0.1) is 5.92 Å². The Morgan fingerprint density at radius 3 is 2.72 bits per heavy atom. The highest BCUT2D eigenvalue weighted by Gasteiger charge is 2.39. The monoisotopic (exact) mass is 445 g/mol. The molecule has 7 nitrogen and oxygen atoms in total. The molecule has 4 rings (SSSR count). The number of hydrogen-bond acceptors (Lipinski definition) is 6. The summed E-state index contributed by atoms with van der Waals surface area (Å²) in [7, 11) is 1.88. The van der Waals surface area contributed by atoms with Gasteiger partial charge in [0.25, 0.3) is 5.91 Å². The summed E-state index contributed by atoms with van der Waals surface area (Å²) in [5, 5.41) is 9.46. The smallest absolute Gasteiger partial charge is 0.288 e. The molecule has 3 atom stereocenters. The van der Waals surface area contributed by atoms with Gasteiger partial charge in [0.15, 0.2) is 17.3 Å². The lowest BCUT2D eigenvalue weighted by atomic mass is 9.80. The van der Waals surface area contributed by atoms with Crippen LogP contribution in [0.15, 0.2) is 30.0 Å². The maximum Gasteiger partial charge on any atom is 0.288 e. The summed E-state index contributed by atoms with van der Waals surface area (Å²) >= 11 is 0. The Morgan fingerprint density at radius 1 is 1.19 bits per heavy atom. The van der Waals surface area contributed by atoms with E-state index >= 15 is 0 Å². The van der Waals surface area contributed by atoms with Crippen LogP contribution in [-0.2, 0) is 14.3 Å². The number of ether oxygens (including phenoxy) is 4. The molecular weight excluding hydrogens is 410 g/mol. The molecule has 176 valence electrons. The molecule has 3 unspecified atom stereocenters. The molecule has 3 aliphatic rings. The van der Waals surface area contributed by atoms with Crippen LogP contribution in [0.2, 0.25) is 0 Å². The molecule has 2 aliphatic heterocycles. The molecule has 0 radical (unpaired) electrons. The summed E-state index contributed by atoms with van der Waals surface area (Å²) in [6.45, 7) is 2.72. The first-order chi connectivity index (χ1) is 15.6. The van der Waals surface area contributed by atoms with Gasteiger partial charge in [-0.05, 0) is 56.4 Å². The van der Waals surface area contributed by atoms with Crippen LogP contribution in [0.25, 0.3) is 0 Å². The van der Waals surface area contributed by atoms with E-state index in [4.69, 9.17) is 18.9 Å². The van der Waals surface area contributed by atoms with Crippen molar-refractivity contribution in [2.24, 2.45) is 5.92 Å². The Hall–Kier alpha value is -2.25. The van der Waals surface area contributed by atoms with Gasteiger partial charge < -0.3 is 29.0 Å². The summed E-state index contributed by atoms with van der Waals surface area (Å²) in [6, 6.07) is 6.16. The molecule has 32 heavy (non-hydrogen) atoms. The Kier molecular flexibility index (Phi) is 7.58. The number of fused-ring (bicyclic) bond motifs is 1. The van der Waals surface area contributed by atoms with Gasteiger partial charge in [0.2, 0.25) is 13.1 Å². The van der Waals surface area contributed by atoms with Crippen molar-refractivity contribution in [2.45, 2.75) is 70.1 Å². The first-order valence-corrected chi connectivity index (χ1v) is 11.9. The molecule has 1 aliphatic carbocycles. The molecule has 1 N–H and O–H groups in total. The molecule has 1 aromatic rings. The number of allylic oxidation sites excluding steroid dienone is 1. The number of nitrogens with zero attached hydrogens (tertiary/aromatic N) is 1. The van der Waals surface area contributed by atoms with E-state index in [0.717, 1.165) is 43.4 Å². The fourth-order valence-electron chi connectivity index (χ4n) is 5.07. The van der Waals surface area contributed by atoms with Gasteiger partial charge in [-0.25, -0.2) is 0 Å². The zero-order valence-corrected chi connectivity index (χ0v) is 19.1.